The van der Waals surface area contributed by atoms with Crippen LogP contribution in [-0.4, -0.2) is 42.3 Å². The standard InChI is InChI=1S/C18H27N5O/c1-3-20-18(21-10-4-13-23-14-12-19-15-23)22-11-9-16-5-7-17(24-2)8-6-16/h5-8,12,14-15H,3-4,9-11,13H2,1-2H3,(H2,20,21,22). The van der Waals surface area contributed by atoms with E-state index in [0.29, 0.717) is 0 Å². The Morgan fingerprint density at radius 2 is 2.08 bits per heavy atom. The lowest BCUT2D eigenvalue weighted by Crippen LogP contribution is -2.38. The van der Waals surface area contributed by atoms with Gasteiger partial charge in [0.25, 0.3) is 0 Å². The fraction of sp³-hybridized carbons (Fsp3) is 0.444. The molecule has 0 bridgehead atoms. The average Bonchev–Trinajstić information content (AvgIpc) is 3.12. The molecule has 2 N–H and O–H groups in total. The first-order chi connectivity index (χ1) is 11.8. The molecular formula is C18H27N5O. The quantitative estimate of drug-likeness (QED) is 0.420. The van der Waals surface area contributed by atoms with Crippen molar-refractivity contribution in [3.05, 3.63) is 48.5 Å². The Balaban J connectivity index is 1.71. The lowest BCUT2D eigenvalue weighted by molar-refractivity contribution is 0.414. The molecule has 1 aromatic carbocycles. The van der Waals surface area contributed by atoms with Crippen molar-refractivity contribution < 1.29 is 4.74 Å². The summed E-state index contributed by atoms with van der Waals surface area (Å²) in [5.74, 6) is 1.76. The van der Waals surface area contributed by atoms with Crippen molar-refractivity contribution in [2.45, 2.75) is 26.3 Å². The Hall–Kier alpha value is -2.50. The summed E-state index contributed by atoms with van der Waals surface area (Å²) >= 11 is 0. The van der Waals surface area contributed by atoms with E-state index in [9.17, 15) is 0 Å². The van der Waals surface area contributed by atoms with E-state index < -0.39 is 0 Å². The van der Waals surface area contributed by atoms with Crippen molar-refractivity contribution in [3.63, 3.8) is 0 Å². The number of hydrogen-bond donors (Lipinski definition) is 2. The van der Waals surface area contributed by atoms with Crippen LogP contribution in [0.4, 0.5) is 0 Å². The number of guanidine groups is 1. The molecule has 1 heterocycles. The van der Waals surface area contributed by atoms with E-state index in [1.807, 2.05) is 24.7 Å². The summed E-state index contributed by atoms with van der Waals surface area (Å²) in [5, 5.41) is 6.66. The average molecular weight is 329 g/mol. The fourth-order valence-corrected chi connectivity index (χ4v) is 2.32. The van der Waals surface area contributed by atoms with Gasteiger partial charge >= 0.3 is 0 Å². The van der Waals surface area contributed by atoms with Gasteiger partial charge in [0.1, 0.15) is 5.75 Å². The van der Waals surface area contributed by atoms with Crippen LogP contribution in [0.2, 0.25) is 0 Å². The third-order valence-electron chi connectivity index (χ3n) is 3.61. The van der Waals surface area contributed by atoms with Gasteiger partial charge in [-0.05, 0) is 37.5 Å². The second kappa shape index (κ2) is 10.3. The molecular weight excluding hydrogens is 302 g/mol. The lowest BCUT2D eigenvalue weighted by atomic mass is 10.1. The number of rotatable bonds is 9. The molecule has 0 aliphatic rings. The molecule has 0 aliphatic carbocycles. The minimum atomic E-state index is 0.788. The molecule has 130 valence electrons. The van der Waals surface area contributed by atoms with Gasteiger partial charge in [-0.2, -0.15) is 0 Å². The van der Waals surface area contributed by atoms with Crippen molar-refractivity contribution in [3.8, 4) is 5.75 Å². The maximum Gasteiger partial charge on any atom is 0.191 e. The van der Waals surface area contributed by atoms with Crippen LogP contribution in [0.15, 0.2) is 48.0 Å². The van der Waals surface area contributed by atoms with Crippen LogP contribution in [0.25, 0.3) is 0 Å². The molecule has 0 atom stereocenters. The predicted octanol–water partition coefficient (Wildman–Crippen LogP) is 2.08. The summed E-state index contributed by atoms with van der Waals surface area (Å²) < 4.78 is 7.24. The molecule has 0 unspecified atom stereocenters. The minimum absolute atomic E-state index is 0.788. The maximum absolute atomic E-state index is 5.18. The summed E-state index contributed by atoms with van der Waals surface area (Å²) in [4.78, 5) is 8.65. The highest BCUT2D eigenvalue weighted by molar-refractivity contribution is 5.79. The number of nitrogens with zero attached hydrogens (tertiary/aromatic N) is 3. The van der Waals surface area contributed by atoms with E-state index in [1.54, 1.807) is 13.3 Å². The second-order valence-electron chi connectivity index (χ2n) is 5.44. The number of imidazole rings is 1. The summed E-state index contributed by atoms with van der Waals surface area (Å²) in [6.07, 6.45) is 7.55. The molecule has 1 aromatic heterocycles. The normalized spacial score (nSPS) is 11.3. The molecule has 24 heavy (non-hydrogen) atoms. The highest BCUT2D eigenvalue weighted by atomic mass is 16.5. The van der Waals surface area contributed by atoms with Gasteiger partial charge in [-0.25, -0.2) is 4.98 Å². The Kier molecular flexibility index (Phi) is 7.67. The SMILES string of the molecule is CCNC(=NCCCn1ccnc1)NCCc1ccc(OC)cc1. The molecule has 0 aliphatic heterocycles. The predicted molar refractivity (Wildman–Crippen MR) is 97.5 cm³/mol. The first-order valence-electron chi connectivity index (χ1n) is 8.42. The Bertz CT molecular complexity index is 592. The maximum atomic E-state index is 5.18. The van der Waals surface area contributed by atoms with Crippen LogP contribution in [0.3, 0.4) is 0 Å². The smallest absolute Gasteiger partial charge is 0.191 e. The molecule has 0 radical (unpaired) electrons. The Morgan fingerprint density at radius 1 is 1.25 bits per heavy atom. The van der Waals surface area contributed by atoms with E-state index in [0.717, 1.165) is 50.7 Å². The molecule has 0 spiro atoms. The van der Waals surface area contributed by atoms with E-state index in [2.05, 4.69) is 44.2 Å². The van der Waals surface area contributed by atoms with Gasteiger partial charge in [-0.3, -0.25) is 4.99 Å². The number of hydrogen-bond acceptors (Lipinski definition) is 3. The van der Waals surface area contributed by atoms with Crippen LogP contribution < -0.4 is 15.4 Å². The molecule has 0 saturated heterocycles. The van der Waals surface area contributed by atoms with Gasteiger partial charge in [0.05, 0.1) is 13.4 Å². The highest BCUT2D eigenvalue weighted by Gasteiger charge is 1.99. The van der Waals surface area contributed by atoms with Crippen molar-refractivity contribution in [2.24, 2.45) is 4.99 Å². The molecule has 2 rings (SSSR count). The van der Waals surface area contributed by atoms with Crippen molar-refractivity contribution in [2.75, 3.05) is 26.7 Å². The lowest BCUT2D eigenvalue weighted by Gasteiger charge is -2.11. The van der Waals surface area contributed by atoms with Crippen LogP contribution in [0, 0.1) is 0 Å². The number of aryl methyl sites for hydroxylation is 1. The number of aliphatic imine (C=N–C) groups is 1. The molecule has 0 fully saturated rings. The molecule has 0 amide bonds. The zero-order chi connectivity index (χ0) is 17.0. The number of benzene rings is 1. The number of nitrogens with one attached hydrogen (secondary N) is 2. The van der Waals surface area contributed by atoms with Crippen LogP contribution in [0.1, 0.15) is 18.9 Å². The third-order valence-corrected chi connectivity index (χ3v) is 3.61. The second-order valence-corrected chi connectivity index (χ2v) is 5.44. The zero-order valence-electron chi connectivity index (χ0n) is 14.5. The summed E-state index contributed by atoms with van der Waals surface area (Å²) in [6, 6.07) is 8.17. The van der Waals surface area contributed by atoms with Gasteiger partial charge < -0.3 is 19.9 Å². The summed E-state index contributed by atoms with van der Waals surface area (Å²) in [7, 11) is 1.68. The third kappa shape index (κ3) is 6.32. The number of ether oxygens (including phenoxy) is 1. The van der Waals surface area contributed by atoms with Crippen LogP contribution >= 0.6 is 0 Å². The molecule has 0 saturated carbocycles. The first-order valence-corrected chi connectivity index (χ1v) is 8.42. The zero-order valence-corrected chi connectivity index (χ0v) is 14.5. The van der Waals surface area contributed by atoms with E-state index in [-0.39, 0.29) is 0 Å². The monoisotopic (exact) mass is 329 g/mol. The van der Waals surface area contributed by atoms with Gasteiger partial charge in [0.2, 0.25) is 0 Å². The summed E-state index contributed by atoms with van der Waals surface area (Å²) in [6.45, 7) is 5.51. The van der Waals surface area contributed by atoms with Gasteiger partial charge in [0.15, 0.2) is 5.96 Å². The molecule has 6 nitrogen and oxygen atoms in total. The Labute approximate surface area is 144 Å². The van der Waals surface area contributed by atoms with Crippen LogP contribution in [-0.2, 0) is 13.0 Å². The van der Waals surface area contributed by atoms with E-state index in [1.165, 1.54) is 5.56 Å². The van der Waals surface area contributed by atoms with Crippen LogP contribution in [0.5, 0.6) is 5.75 Å². The van der Waals surface area contributed by atoms with Crippen molar-refractivity contribution in [1.29, 1.82) is 0 Å². The minimum Gasteiger partial charge on any atom is -0.497 e. The topological polar surface area (TPSA) is 63.5 Å². The van der Waals surface area contributed by atoms with Crippen molar-refractivity contribution >= 4 is 5.96 Å². The van der Waals surface area contributed by atoms with Gasteiger partial charge in [-0.1, -0.05) is 12.1 Å². The number of methoxy groups -OCH3 is 1. The van der Waals surface area contributed by atoms with Crippen molar-refractivity contribution in [1.82, 2.24) is 20.2 Å². The summed E-state index contributed by atoms with van der Waals surface area (Å²) in [5.41, 5.74) is 1.28. The van der Waals surface area contributed by atoms with E-state index >= 15 is 0 Å². The van der Waals surface area contributed by atoms with Gasteiger partial charge in [0, 0.05) is 38.6 Å². The highest BCUT2D eigenvalue weighted by Crippen LogP contribution is 2.11. The molecule has 6 heteroatoms. The Morgan fingerprint density at radius 3 is 2.75 bits per heavy atom. The van der Waals surface area contributed by atoms with E-state index in [4.69, 9.17) is 4.74 Å². The number of aromatic nitrogens is 2. The van der Waals surface area contributed by atoms with Gasteiger partial charge in [-0.15, -0.1) is 0 Å². The largest absolute Gasteiger partial charge is 0.497 e. The first kappa shape index (κ1) is 17.8. The molecule has 2 aromatic rings. The fourth-order valence-electron chi connectivity index (χ4n) is 2.32.